The zero-order valence-corrected chi connectivity index (χ0v) is 13.1. The third-order valence-corrected chi connectivity index (χ3v) is 3.97. The van der Waals surface area contributed by atoms with Crippen molar-refractivity contribution in [3.05, 3.63) is 66.0 Å². The molecule has 0 fully saturated rings. The molecule has 1 aromatic heterocycles. The standard InChI is InChI=1S/C19H22N2O/c1-14(2)12-13-21-17-11-7-6-10-16(17)20-19(21)18(22)15-8-4-3-5-9-15/h3-11,14,18,22H,12-13H2,1-2H3/t18-/m1/s1. The van der Waals surface area contributed by atoms with Gasteiger partial charge in [-0.2, -0.15) is 0 Å². The average Bonchev–Trinajstić information content (AvgIpc) is 2.91. The summed E-state index contributed by atoms with van der Waals surface area (Å²) < 4.78 is 2.16. The SMILES string of the molecule is CC(C)CCn1c([C@H](O)c2ccccc2)nc2ccccc21. The third kappa shape index (κ3) is 2.90. The van der Waals surface area contributed by atoms with E-state index in [2.05, 4.69) is 29.5 Å². The summed E-state index contributed by atoms with van der Waals surface area (Å²) in [5.41, 5.74) is 2.91. The van der Waals surface area contributed by atoms with Crippen LogP contribution >= 0.6 is 0 Å². The van der Waals surface area contributed by atoms with Crippen molar-refractivity contribution in [2.24, 2.45) is 5.92 Å². The van der Waals surface area contributed by atoms with Gasteiger partial charge in [-0.15, -0.1) is 0 Å². The molecule has 2 aromatic carbocycles. The Bertz CT molecular complexity index is 746. The first-order valence-corrected chi connectivity index (χ1v) is 7.85. The summed E-state index contributed by atoms with van der Waals surface area (Å²) in [5, 5.41) is 10.8. The van der Waals surface area contributed by atoms with E-state index in [1.54, 1.807) is 0 Å². The van der Waals surface area contributed by atoms with Crippen LogP contribution in [0.1, 0.15) is 37.8 Å². The van der Waals surface area contributed by atoms with Gasteiger partial charge in [0.2, 0.25) is 0 Å². The molecule has 0 bridgehead atoms. The number of hydrogen-bond donors (Lipinski definition) is 1. The van der Waals surface area contributed by atoms with Crippen LogP contribution in [0.5, 0.6) is 0 Å². The van der Waals surface area contributed by atoms with Gasteiger partial charge in [-0.25, -0.2) is 4.98 Å². The van der Waals surface area contributed by atoms with Crippen molar-refractivity contribution in [1.82, 2.24) is 9.55 Å². The average molecular weight is 294 g/mol. The third-order valence-electron chi connectivity index (χ3n) is 3.97. The van der Waals surface area contributed by atoms with E-state index in [1.165, 1.54) is 0 Å². The van der Waals surface area contributed by atoms with Gasteiger partial charge in [0.25, 0.3) is 0 Å². The van der Waals surface area contributed by atoms with Crippen molar-refractivity contribution in [1.29, 1.82) is 0 Å². The number of nitrogens with zero attached hydrogens (tertiary/aromatic N) is 2. The van der Waals surface area contributed by atoms with E-state index in [9.17, 15) is 5.11 Å². The quantitative estimate of drug-likeness (QED) is 0.767. The van der Waals surface area contributed by atoms with Gasteiger partial charge in [-0.1, -0.05) is 56.3 Å². The number of imidazole rings is 1. The van der Waals surface area contributed by atoms with E-state index in [4.69, 9.17) is 0 Å². The minimum atomic E-state index is -0.694. The molecule has 0 amide bonds. The van der Waals surface area contributed by atoms with Crippen LogP contribution in [0.15, 0.2) is 54.6 Å². The summed E-state index contributed by atoms with van der Waals surface area (Å²) in [6.45, 7) is 5.30. The highest BCUT2D eigenvalue weighted by Gasteiger charge is 2.19. The summed E-state index contributed by atoms with van der Waals surface area (Å²) in [6.07, 6.45) is 0.371. The molecule has 3 aromatic rings. The summed E-state index contributed by atoms with van der Waals surface area (Å²) in [7, 11) is 0. The molecule has 0 unspecified atom stereocenters. The molecule has 3 rings (SSSR count). The first-order valence-electron chi connectivity index (χ1n) is 7.85. The zero-order valence-electron chi connectivity index (χ0n) is 13.1. The second-order valence-electron chi connectivity index (χ2n) is 6.11. The molecule has 3 nitrogen and oxygen atoms in total. The van der Waals surface area contributed by atoms with Gasteiger partial charge in [-0.05, 0) is 30.0 Å². The van der Waals surface area contributed by atoms with Crippen molar-refractivity contribution in [3.8, 4) is 0 Å². The van der Waals surface area contributed by atoms with Gasteiger partial charge in [0.05, 0.1) is 11.0 Å². The molecule has 0 saturated carbocycles. The molecule has 1 N–H and O–H groups in total. The lowest BCUT2D eigenvalue weighted by molar-refractivity contribution is 0.204. The highest BCUT2D eigenvalue weighted by atomic mass is 16.3. The normalized spacial score (nSPS) is 12.9. The van der Waals surface area contributed by atoms with Gasteiger partial charge < -0.3 is 9.67 Å². The fraction of sp³-hybridized carbons (Fsp3) is 0.316. The van der Waals surface area contributed by atoms with Gasteiger partial charge in [-0.3, -0.25) is 0 Å². The Hall–Kier alpha value is -2.13. The lowest BCUT2D eigenvalue weighted by Crippen LogP contribution is -2.11. The van der Waals surface area contributed by atoms with E-state index in [-0.39, 0.29) is 0 Å². The molecule has 0 aliphatic rings. The van der Waals surface area contributed by atoms with E-state index < -0.39 is 6.10 Å². The Morgan fingerprint density at radius 1 is 1.00 bits per heavy atom. The Morgan fingerprint density at radius 2 is 1.68 bits per heavy atom. The predicted molar refractivity (Wildman–Crippen MR) is 89.7 cm³/mol. The highest BCUT2D eigenvalue weighted by Crippen LogP contribution is 2.26. The van der Waals surface area contributed by atoms with Crippen LogP contribution in [0.3, 0.4) is 0 Å². The number of aryl methyl sites for hydroxylation is 1. The van der Waals surface area contributed by atoms with Crippen LogP contribution in [0.25, 0.3) is 11.0 Å². The smallest absolute Gasteiger partial charge is 0.143 e. The van der Waals surface area contributed by atoms with Crippen LogP contribution in [0.4, 0.5) is 0 Å². The van der Waals surface area contributed by atoms with Crippen molar-refractivity contribution in [2.75, 3.05) is 0 Å². The van der Waals surface area contributed by atoms with Crippen molar-refractivity contribution in [2.45, 2.75) is 32.9 Å². The van der Waals surface area contributed by atoms with E-state index in [1.807, 2.05) is 48.5 Å². The number of rotatable bonds is 5. The van der Waals surface area contributed by atoms with E-state index in [0.717, 1.165) is 35.4 Å². The Labute approximate surface area is 131 Å². The Kier molecular flexibility index (Phi) is 4.25. The van der Waals surface area contributed by atoms with Gasteiger partial charge in [0, 0.05) is 6.54 Å². The van der Waals surface area contributed by atoms with E-state index in [0.29, 0.717) is 5.92 Å². The molecule has 0 aliphatic carbocycles. The van der Waals surface area contributed by atoms with Crippen LogP contribution in [0, 0.1) is 5.92 Å². The van der Waals surface area contributed by atoms with Crippen molar-refractivity contribution < 1.29 is 5.11 Å². The van der Waals surface area contributed by atoms with E-state index >= 15 is 0 Å². The monoisotopic (exact) mass is 294 g/mol. The Morgan fingerprint density at radius 3 is 2.41 bits per heavy atom. The molecule has 114 valence electrons. The molecule has 0 aliphatic heterocycles. The van der Waals surface area contributed by atoms with Crippen LogP contribution in [-0.2, 0) is 6.54 Å². The zero-order chi connectivity index (χ0) is 15.5. The van der Waals surface area contributed by atoms with Crippen molar-refractivity contribution in [3.63, 3.8) is 0 Å². The van der Waals surface area contributed by atoms with Crippen LogP contribution < -0.4 is 0 Å². The van der Waals surface area contributed by atoms with Gasteiger partial charge >= 0.3 is 0 Å². The van der Waals surface area contributed by atoms with Gasteiger partial charge in [0.15, 0.2) is 0 Å². The fourth-order valence-corrected chi connectivity index (χ4v) is 2.71. The first kappa shape index (κ1) is 14.8. The molecular formula is C19H22N2O. The van der Waals surface area contributed by atoms with Gasteiger partial charge in [0.1, 0.15) is 11.9 Å². The predicted octanol–water partition coefficient (Wildman–Crippen LogP) is 4.16. The first-order chi connectivity index (χ1) is 10.7. The molecule has 0 radical (unpaired) electrons. The fourth-order valence-electron chi connectivity index (χ4n) is 2.71. The number of benzene rings is 2. The highest BCUT2D eigenvalue weighted by molar-refractivity contribution is 5.76. The molecule has 22 heavy (non-hydrogen) atoms. The molecular weight excluding hydrogens is 272 g/mol. The summed E-state index contributed by atoms with van der Waals surface area (Å²) in [4.78, 5) is 4.68. The molecule has 1 atom stereocenters. The lowest BCUT2D eigenvalue weighted by Gasteiger charge is -2.15. The molecule has 0 spiro atoms. The Balaban J connectivity index is 2.05. The van der Waals surface area contributed by atoms with Crippen LogP contribution in [0.2, 0.25) is 0 Å². The van der Waals surface area contributed by atoms with Crippen molar-refractivity contribution >= 4 is 11.0 Å². The number of fused-ring (bicyclic) bond motifs is 1. The second-order valence-corrected chi connectivity index (χ2v) is 6.11. The maximum absolute atomic E-state index is 10.8. The minimum absolute atomic E-state index is 0.614. The number of aromatic nitrogens is 2. The number of hydrogen-bond acceptors (Lipinski definition) is 2. The largest absolute Gasteiger partial charge is 0.380 e. The molecule has 0 saturated heterocycles. The molecule has 1 heterocycles. The number of para-hydroxylation sites is 2. The summed E-state index contributed by atoms with van der Waals surface area (Å²) >= 11 is 0. The minimum Gasteiger partial charge on any atom is -0.380 e. The summed E-state index contributed by atoms with van der Waals surface area (Å²) in [5.74, 6) is 1.34. The molecule has 3 heteroatoms. The summed E-state index contributed by atoms with van der Waals surface area (Å²) in [6, 6.07) is 17.8. The van der Waals surface area contributed by atoms with Crippen LogP contribution in [-0.4, -0.2) is 14.7 Å². The topological polar surface area (TPSA) is 38.0 Å². The number of aliphatic hydroxyl groups is 1. The maximum atomic E-state index is 10.8. The second kappa shape index (κ2) is 6.32. The maximum Gasteiger partial charge on any atom is 0.143 e. The number of aliphatic hydroxyl groups excluding tert-OH is 1. The lowest BCUT2D eigenvalue weighted by atomic mass is 10.1.